The van der Waals surface area contributed by atoms with Crippen LogP contribution in [0.25, 0.3) is 10.2 Å². The van der Waals surface area contributed by atoms with Crippen LogP contribution < -0.4 is 10.6 Å². The summed E-state index contributed by atoms with van der Waals surface area (Å²) in [6, 6.07) is 3.92. The predicted molar refractivity (Wildman–Crippen MR) is 78.1 cm³/mol. The molecule has 0 saturated heterocycles. The van der Waals surface area contributed by atoms with Gasteiger partial charge in [0.25, 0.3) is 0 Å². The summed E-state index contributed by atoms with van der Waals surface area (Å²) in [6.07, 6.45) is 1.89. The minimum atomic E-state index is 0.635. The molecule has 0 spiro atoms. The Morgan fingerprint density at radius 3 is 2.95 bits per heavy atom. The van der Waals surface area contributed by atoms with E-state index >= 15 is 0 Å². The number of hydrogen-bond donors (Lipinski definition) is 2. The molecule has 3 heterocycles. The van der Waals surface area contributed by atoms with Crippen LogP contribution >= 0.6 is 11.3 Å². The van der Waals surface area contributed by atoms with Crippen molar-refractivity contribution in [1.82, 2.24) is 19.7 Å². The van der Waals surface area contributed by atoms with Crippen LogP contribution in [0.4, 0.5) is 17.6 Å². The van der Waals surface area contributed by atoms with Gasteiger partial charge in [0.1, 0.15) is 10.6 Å². The molecule has 0 aliphatic rings. The maximum atomic E-state index is 4.49. The van der Waals surface area contributed by atoms with E-state index in [0.717, 1.165) is 28.4 Å². The van der Waals surface area contributed by atoms with E-state index in [9.17, 15) is 0 Å². The molecule has 0 aromatic carbocycles. The van der Waals surface area contributed by atoms with Crippen LogP contribution in [-0.2, 0) is 7.05 Å². The summed E-state index contributed by atoms with van der Waals surface area (Å²) in [6.45, 7) is 2.81. The topological polar surface area (TPSA) is 67.7 Å². The van der Waals surface area contributed by atoms with Crippen molar-refractivity contribution in [3.8, 4) is 0 Å². The van der Waals surface area contributed by atoms with Gasteiger partial charge in [-0.3, -0.25) is 4.68 Å². The Bertz CT molecular complexity index is 701. The van der Waals surface area contributed by atoms with Crippen LogP contribution in [0.1, 0.15) is 6.92 Å². The number of hydrogen-bond acceptors (Lipinski definition) is 6. The van der Waals surface area contributed by atoms with Gasteiger partial charge in [-0.25, -0.2) is 4.98 Å². The van der Waals surface area contributed by atoms with Crippen molar-refractivity contribution >= 4 is 39.1 Å². The van der Waals surface area contributed by atoms with E-state index in [1.54, 1.807) is 16.0 Å². The number of aryl methyl sites for hydroxylation is 1. The standard InChI is InChI=1S/C12H14N6S/c1-3-13-12-15-10(8-5-7-19-11(8)16-12)14-9-4-6-18(2)17-9/h4-7H,3H2,1-2H3,(H2,13,14,15,16,17). The fourth-order valence-corrected chi connectivity index (χ4v) is 2.55. The first-order chi connectivity index (χ1) is 9.26. The van der Waals surface area contributed by atoms with E-state index < -0.39 is 0 Å². The average molecular weight is 274 g/mol. The number of fused-ring (bicyclic) bond motifs is 1. The van der Waals surface area contributed by atoms with Gasteiger partial charge in [-0.2, -0.15) is 10.1 Å². The summed E-state index contributed by atoms with van der Waals surface area (Å²) >= 11 is 1.60. The van der Waals surface area contributed by atoms with Crippen molar-refractivity contribution in [3.05, 3.63) is 23.7 Å². The third-order valence-electron chi connectivity index (χ3n) is 2.62. The van der Waals surface area contributed by atoms with Gasteiger partial charge < -0.3 is 10.6 Å². The molecule has 0 atom stereocenters. The highest BCUT2D eigenvalue weighted by Gasteiger charge is 2.09. The highest BCUT2D eigenvalue weighted by Crippen LogP contribution is 2.28. The fraction of sp³-hybridized carbons (Fsp3) is 0.250. The summed E-state index contributed by atoms with van der Waals surface area (Å²) in [5.74, 6) is 2.19. The molecule has 0 aliphatic carbocycles. The van der Waals surface area contributed by atoms with Crippen LogP contribution in [0.3, 0.4) is 0 Å². The van der Waals surface area contributed by atoms with Crippen LogP contribution in [0, 0.1) is 0 Å². The molecule has 0 fully saturated rings. The van der Waals surface area contributed by atoms with Gasteiger partial charge in [0.05, 0.1) is 5.39 Å². The predicted octanol–water partition coefficient (Wildman–Crippen LogP) is 2.60. The maximum Gasteiger partial charge on any atom is 0.226 e. The molecule has 0 unspecified atom stereocenters. The van der Waals surface area contributed by atoms with Crippen molar-refractivity contribution in [2.24, 2.45) is 7.05 Å². The number of thiophene rings is 1. The molecule has 0 aliphatic heterocycles. The minimum Gasteiger partial charge on any atom is -0.354 e. The second-order valence-corrected chi connectivity index (χ2v) is 4.96. The first-order valence-electron chi connectivity index (χ1n) is 6.02. The highest BCUT2D eigenvalue weighted by atomic mass is 32.1. The Morgan fingerprint density at radius 2 is 2.21 bits per heavy atom. The summed E-state index contributed by atoms with van der Waals surface area (Å²) in [5.41, 5.74) is 0. The van der Waals surface area contributed by atoms with Crippen molar-refractivity contribution in [1.29, 1.82) is 0 Å². The Kier molecular flexibility index (Phi) is 3.04. The molecule has 0 amide bonds. The Hall–Kier alpha value is -2.15. The first kappa shape index (κ1) is 11.9. The van der Waals surface area contributed by atoms with Crippen molar-refractivity contribution in [3.63, 3.8) is 0 Å². The molecule has 7 heteroatoms. The lowest BCUT2D eigenvalue weighted by molar-refractivity contribution is 0.771. The Labute approximate surface area is 114 Å². The van der Waals surface area contributed by atoms with Gasteiger partial charge in [-0.15, -0.1) is 11.3 Å². The molecular formula is C12H14N6S. The summed E-state index contributed by atoms with van der Waals surface area (Å²) in [4.78, 5) is 9.92. The SMILES string of the molecule is CCNc1nc(Nc2ccn(C)n2)c2ccsc2n1. The molecule has 3 aromatic rings. The zero-order valence-electron chi connectivity index (χ0n) is 10.7. The lowest BCUT2D eigenvalue weighted by Crippen LogP contribution is -2.04. The molecule has 2 N–H and O–H groups in total. The molecule has 3 rings (SSSR count). The lowest BCUT2D eigenvalue weighted by atomic mass is 10.4. The molecule has 6 nitrogen and oxygen atoms in total. The van der Waals surface area contributed by atoms with Crippen molar-refractivity contribution in [2.75, 3.05) is 17.2 Å². The largest absolute Gasteiger partial charge is 0.354 e. The van der Waals surface area contributed by atoms with Gasteiger partial charge in [-0.1, -0.05) is 0 Å². The number of rotatable bonds is 4. The molecule has 0 radical (unpaired) electrons. The van der Waals surface area contributed by atoms with Crippen LogP contribution in [-0.4, -0.2) is 26.3 Å². The number of nitrogens with one attached hydrogen (secondary N) is 2. The third kappa shape index (κ3) is 2.37. The number of aromatic nitrogens is 4. The van der Waals surface area contributed by atoms with Crippen molar-refractivity contribution in [2.45, 2.75) is 6.92 Å². The Balaban J connectivity index is 2.02. The molecule has 19 heavy (non-hydrogen) atoms. The molecule has 98 valence electrons. The molecule has 3 aromatic heterocycles. The van der Waals surface area contributed by atoms with E-state index in [0.29, 0.717) is 5.95 Å². The lowest BCUT2D eigenvalue weighted by Gasteiger charge is -2.07. The second-order valence-electron chi connectivity index (χ2n) is 4.07. The van der Waals surface area contributed by atoms with E-state index in [2.05, 4.69) is 25.7 Å². The number of nitrogens with zero attached hydrogens (tertiary/aromatic N) is 4. The number of anilines is 3. The van der Waals surface area contributed by atoms with Crippen LogP contribution in [0.5, 0.6) is 0 Å². The smallest absolute Gasteiger partial charge is 0.226 e. The second kappa shape index (κ2) is 4.85. The van der Waals surface area contributed by atoms with Gasteiger partial charge in [0, 0.05) is 25.9 Å². The minimum absolute atomic E-state index is 0.635. The van der Waals surface area contributed by atoms with Crippen LogP contribution in [0.2, 0.25) is 0 Å². The van der Waals surface area contributed by atoms with Gasteiger partial charge in [-0.05, 0) is 18.4 Å². The summed E-state index contributed by atoms with van der Waals surface area (Å²) < 4.78 is 1.75. The maximum absolute atomic E-state index is 4.49. The van der Waals surface area contributed by atoms with Crippen LogP contribution in [0.15, 0.2) is 23.7 Å². The monoisotopic (exact) mass is 274 g/mol. The van der Waals surface area contributed by atoms with E-state index in [1.165, 1.54) is 0 Å². The van der Waals surface area contributed by atoms with E-state index in [4.69, 9.17) is 0 Å². The highest BCUT2D eigenvalue weighted by molar-refractivity contribution is 7.16. The van der Waals surface area contributed by atoms with E-state index in [-0.39, 0.29) is 0 Å². The molecular weight excluding hydrogens is 260 g/mol. The molecule has 0 bridgehead atoms. The van der Waals surface area contributed by atoms with Gasteiger partial charge in [0.15, 0.2) is 5.82 Å². The summed E-state index contributed by atoms with van der Waals surface area (Å²) in [5, 5.41) is 13.7. The normalized spacial score (nSPS) is 10.8. The zero-order chi connectivity index (χ0) is 13.2. The Morgan fingerprint density at radius 1 is 1.32 bits per heavy atom. The van der Waals surface area contributed by atoms with E-state index in [1.807, 2.05) is 37.7 Å². The summed E-state index contributed by atoms with van der Waals surface area (Å²) in [7, 11) is 1.88. The average Bonchev–Trinajstić information content (AvgIpc) is 2.99. The quantitative estimate of drug-likeness (QED) is 0.765. The third-order valence-corrected chi connectivity index (χ3v) is 3.43. The van der Waals surface area contributed by atoms with Crippen molar-refractivity contribution < 1.29 is 0 Å². The van der Waals surface area contributed by atoms with Gasteiger partial charge in [0.2, 0.25) is 5.95 Å². The molecule has 0 saturated carbocycles. The zero-order valence-corrected chi connectivity index (χ0v) is 11.5. The fourth-order valence-electron chi connectivity index (χ4n) is 1.79. The first-order valence-corrected chi connectivity index (χ1v) is 6.90. The van der Waals surface area contributed by atoms with Gasteiger partial charge >= 0.3 is 0 Å².